The normalized spacial score (nSPS) is 16.0. The molecule has 7 rings (SSSR count). The zero-order chi connectivity index (χ0) is 50.5. The van der Waals surface area contributed by atoms with E-state index in [2.05, 4.69) is 20.9 Å². The van der Waals surface area contributed by atoms with Crippen LogP contribution in [0, 0.1) is 0 Å². The maximum absolute atomic E-state index is 13.5. The van der Waals surface area contributed by atoms with E-state index in [4.69, 9.17) is 28.4 Å². The Morgan fingerprint density at radius 2 is 1.38 bits per heavy atom. The third-order valence-corrected chi connectivity index (χ3v) is 12.3. The van der Waals surface area contributed by atoms with Gasteiger partial charge in [-0.05, 0) is 82.4 Å². The first-order valence-electron chi connectivity index (χ1n) is 23.1. The molecule has 0 aliphatic carbocycles. The summed E-state index contributed by atoms with van der Waals surface area (Å²) >= 11 is 0. The Kier molecular flexibility index (Phi) is 16.8. The summed E-state index contributed by atoms with van der Waals surface area (Å²) in [5.41, 5.74) is 0.181. The van der Waals surface area contributed by atoms with Gasteiger partial charge in [0.15, 0.2) is 0 Å². The molecule has 17 heteroatoms. The fraction of sp³-hybridized carbons (Fsp3) is 0.296. The Morgan fingerprint density at radius 3 is 2.03 bits per heavy atom. The average molecular weight is 968 g/mol. The van der Waals surface area contributed by atoms with Gasteiger partial charge in [-0.3, -0.25) is 33.5 Å². The predicted octanol–water partition coefficient (Wildman–Crippen LogP) is 5.50. The highest BCUT2D eigenvalue weighted by Gasteiger charge is 2.44. The number of methoxy groups -OCH3 is 3. The van der Waals surface area contributed by atoms with Gasteiger partial charge in [0, 0.05) is 45.3 Å². The van der Waals surface area contributed by atoms with Gasteiger partial charge in [0.2, 0.25) is 17.7 Å². The number of aromatic amines is 1. The number of rotatable bonds is 21. The van der Waals surface area contributed by atoms with Crippen LogP contribution in [0.3, 0.4) is 0 Å². The lowest BCUT2D eigenvalue weighted by Gasteiger charge is -2.37. The molecule has 0 radical (unpaired) electrons. The Labute approximate surface area is 410 Å². The van der Waals surface area contributed by atoms with E-state index in [9.17, 15) is 28.8 Å². The molecule has 1 unspecified atom stereocenters. The maximum Gasteiger partial charge on any atom is 0.330 e. The number of nitrogens with one attached hydrogen (secondary N) is 4. The van der Waals surface area contributed by atoms with E-state index < -0.39 is 53.1 Å². The first-order valence-corrected chi connectivity index (χ1v) is 23.1. The van der Waals surface area contributed by atoms with Crippen LogP contribution in [0.25, 0.3) is 16.8 Å². The molecule has 0 bridgehead atoms. The minimum absolute atomic E-state index is 0.0414. The van der Waals surface area contributed by atoms with E-state index in [0.29, 0.717) is 11.5 Å². The smallest absolute Gasteiger partial charge is 0.330 e. The number of carbonyl (C=O) groups excluding carboxylic acids is 4. The summed E-state index contributed by atoms with van der Waals surface area (Å²) in [6.45, 7) is 1.86. The molecule has 0 saturated carbocycles. The molecule has 1 saturated heterocycles. The number of hydrogen-bond acceptors (Lipinski definition) is 12. The van der Waals surface area contributed by atoms with Crippen molar-refractivity contribution in [1.82, 2.24) is 25.5 Å². The van der Waals surface area contributed by atoms with E-state index in [1.165, 1.54) is 19.3 Å². The topological polar surface area (TPSA) is 215 Å². The van der Waals surface area contributed by atoms with Crippen LogP contribution in [0.2, 0.25) is 0 Å². The number of ether oxygens (including phenoxy) is 6. The van der Waals surface area contributed by atoms with Gasteiger partial charge in [-0.15, -0.1) is 0 Å². The molecule has 17 nitrogen and oxygen atoms in total. The lowest BCUT2D eigenvalue weighted by atomic mass is 9.80. The van der Waals surface area contributed by atoms with Crippen LogP contribution in [0.5, 0.6) is 17.2 Å². The second-order valence-corrected chi connectivity index (χ2v) is 16.7. The molecule has 5 aromatic carbocycles. The van der Waals surface area contributed by atoms with Gasteiger partial charge in [-0.2, -0.15) is 0 Å². The Morgan fingerprint density at radius 1 is 0.775 bits per heavy atom. The molecule has 370 valence electrons. The van der Waals surface area contributed by atoms with Crippen LogP contribution in [0.15, 0.2) is 137 Å². The fourth-order valence-corrected chi connectivity index (χ4v) is 8.37. The molecule has 0 spiro atoms. The van der Waals surface area contributed by atoms with Crippen molar-refractivity contribution in [3.8, 4) is 17.2 Å². The summed E-state index contributed by atoms with van der Waals surface area (Å²) < 4.78 is 37.0. The van der Waals surface area contributed by atoms with Crippen molar-refractivity contribution in [3.05, 3.63) is 176 Å². The van der Waals surface area contributed by atoms with Gasteiger partial charge < -0.3 is 44.4 Å². The monoisotopic (exact) mass is 967 g/mol. The van der Waals surface area contributed by atoms with E-state index in [-0.39, 0.29) is 56.3 Å². The number of hydrogen-bond donors (Lipinski definition) is 4. The predicted molar refractivity (Wildman–Crippen MR) is 265 cm³/mol. The molecule has 4 atom stereocenters. The minimum atomic E-state index is -1.28. The summed E-state index contributed by atoms with van der Waals surface area (Å²) in [5, 5.41) is 9.98. The van der Waals surface area contributed by atoms with Crippen molar-refractivity contribution >= 4 is 40.5 Å². The zero-order valence-corrected chi connectivity index (χ0v) is 40.1. The first kappa shape index (κ1) is 50.8. The SMILES string of the molecule is CNC(=O)CCC(=O)OC1C[C@H](n2cc(/C=C/C(=O)NCCNC(=O)[C@@H](C)c3ccc4cc(OC)ccc4c3)c(=O)[nH]c2=O)O[C@@H]1COC(c1ccccc1)(c1ccc(OC)cc1)c1ccc(OC)cc1. The highest BCUT2D eigenvalue weighted by atomic mass is 16.6. The van der Waals surface area contributed by atoms with E-state index >= 15 is 0 Å². The van der Waals surface area contributed by atoms with Gasteiger partial charge in [-0.25, -0.2) is 4.79 Å². The lowest BCUT2D eigenvalue weighted by molar-refractivity contribution is -0.156. The number of amides is 3. The number of nitrogens with zero attached hydrogens (tertiary/aromatic N) is 1. The Balaban J connectivity index is 1.07. The molecule has 4 N–H and O–H groups in total. The van der Waals surface area contributed by atoms with E-state index in [1.54, 1.807) is 28.3 Å². The number of benzene rings is 5. The van der Waals surface area contributed by atoms with Crippen molar-refractivity contribution < 1.29 is 47.6 Å². The number of fused-ring (bicyclic) bond motifs is 1. The van der Waals surface area contributed by atoms with Crippen LogP contribution in [-0.2, 0) is 39.0 Å². The molecule has 2 heterocycles. The van der Waals surface area contributed by atoms with Gasteiger partial charge in [-0.1, -0.05) is 78.9 Å². The standard InChI is InChI=1S/C54H57N5O12/c1-34(35-11-12-37-30-44(68-5)19-13-36(37)29-35)51(63)57-28-27-56-48(61)24-14-38-32-59(53(65)58-52(38)64)49-31-45(71-50(62)26-25-47(60)55-2)46(70-49)33-69-54(39-9-7-6-8-10-39,40-15-20-42(66-3)21-16-40)41-17-22-43(67-4)23-18-41/h6-24,29-30,32,34,45-46,49H,25-28,31,33H2,1-5H3,(H,55,60)(H,56,61)(H,57,63)(H,58,64,65)/b24-14+/t34-,45?,46+,49+/m0/s1. The van der Waals surface area contributed by atoms with E-state index in [0.717, 1.165) is 49.4 Å². The molecule has 1 fully saturated rings. The van der Waals surface area contributed by atoms with Crippen molar-refractivity contribution in [2.75, 3.05) is 48.1 Å². The van der Waals surface area contributed by atoms with Crippen molar-refractivity contribution in [3.63, 3.8) is 0 Å². The molecule has 1 aliphatic rings. The van der Waals surface area contributed by atoms with Crippen molar-refractivity contribution in [1.29, 1.82) is 0 Å². The summed E-state index contributed by atoms with van der Waals surface area (Å²) in [7, 11) is 6.23. The van der Waals surface area contributed by atoms with Crippen molar-refractivity contribution in [2.24, 2.45) is 0 Å². The summed E-state index contributed by atoms with van der Waals surface area (Å²) in [6, 6.07) is 35.9. The summed E-state index contributed by atoms with van der Waals surface area (Å²) in [6.07, 6.45) is 0.235. The number of aromatic nitrogens is 2. The van der Waals surface area contributed by atoms with Crippen LogP contribution in [0.1, 0.15) is 66.1 Å². The second kappa shape index (κ2) is 23.5. The van der Waals surface area contributed by atoms with Gasteiger partial charge in [0.1, 0.15) is 41.3 Å². The zero-order valence-electron chi connectivity index (χ0n) is 40.1. The molecule has 1 aliphatic heterocycles. The second-order valence-electron chi connectivity index (χ2n) is 16.7. The average Bonchev–Trinajstić information content (AvgIpc) is 3.80. The fourth-order valence-electron chi connectivity index (χ4n) is 8.37. The molecular weight excluding hydrogens is 911 g/mol. The summed E-state index contributed by atoms with van der Waals surface area (Å²) in [5.74, 6) is -0.243. The molecule has 6 aromatic rings. The van der Waals surface area contributed by atoms with Crippen LogP contribution in [-0.4, -0.2) is 93.5 Å². The number of esters is 1. The minimum Gasteiger partial charge on any atom is -0.497 e. The molecule has 1 aromatic heterocycles. The Bertz CT molecular complexity index is 2920. The highest BCUT2D eigenvalue weighted by Crippen LogP contribution is 2.43. The van der Waals surface area contributed by atoms with Crippen LogP contribution in [0.4, 0.5) is 0 Å². The third kappa shape index (κ3) is 12.2. The summed E-state index contributed by atoms with van der Waals surface area (Å²) in [4.78, 5) is 80.1. The quantitative estimate of drug-likeness (QED) is 0.0305. The van der Waals surface area contributed by atoms with Crippen molar-refractivity contribution in [2.45, 2.75) is 56.1 Å². The van der Waals surface area contributed by atoms with Gasteiger partial charge in [0.25, 0.3) is 5.56 Å². The molecule has 71 heavy (non-hydrogen) atoms. The maximum atomic E-state index is 13.5. The molecule has 3 amide bonds. The van der Waals surface area contributed by atoms with Crippen LogP contribution < -0.4 is 41.4 Å². The molecular formula is C54H57N5O12. The highest BCUT2D eigenvalue weighted by molar-refractivity contribution is 5.92. The largest absolute Gasteiger partial charge is 0.497 e. The van der Waals surface area contributed by atoms with Gasteiger partial charge >= 0.3 is 11.7 Å². The van der Waals surface area contributed by atoms with Crippen LogP contribution >= 0.6 is 0 Å². The number of H-pyrrole nitrogens is 1. The van der Waals surface area contributed by atoms with Gasteiger partial charge in [0.05, 0.1) is 45.8 Å². The number of carbonyl (C=O) groups is 4. The lowest BCUT2D eigenvalue weighted by Crippen LogP contribution is -2.39. The van der Waals surface area contributed by atoms with E-state index in [1.807, 2.05) is 115 Å². The Hall–Kier alpha value is -8.02. The first-order chi connectivity index (χ1) is 34.3. The third-order valence-electron chi connectivity index (χ3n) is 12.3.